The number of ether oxygens (including phenoxy) is 1. The summed E-state index contributed by atoms with van der Waals surface area (Å²) in [5.74, 6) is 0. The van der Waals surface area contributed by atoms with Gasteiger partial charge in [-0.3, -0.25) is 4.90 Å². The summed E-state index contributed by atoms with van der Waals surface area (Å²) < 4.78 is 6.84. The second-order valence-corrected chi connectivity index (χ2v) is 7.77. The van der Waals surface area contributed by atoms with E-state index in [9.17, 15) is 9.59 Å². The van der Waals surface area contributed by atoms with Crippen molar-refractivity contribution in [2.24, 2.45) is 0 Å². The number of anilines is 1. The molecule has 0 aliphatic rings. The SMILES string of the molecule is CC(C)(C)OC(=O)N(Cc1ccc(Cl)c(Cl)c1)c1ccc2n[nH]c(=O)n2c1. The molecule has 3 rings (SSSR count). The minimum Gasteiger partial charge on any atom is -0.443 e. The Labute approximate surface area is 165 Å². The third-order valence-corrected chi connectivity index (χ3v) is 4.39. The third-order valence-electron chi connectivity index (χ3n) is 3.65. The van der Waals surface area contributed by atoms with E-state index in [4.69, 9.17) is 27.9 Å². The molecule has 27 heavy (non-hydrogen) atoms. The van der Waals surface area contributed by atoms with Crippen LogP contribution in [0.25, 0.3) is 5.65 Å². The van der Waals surface area contributed by atoms with Gasteiger partial charge in [-0.2, -0.15) is 5.10 Å². The van der Waals surface area contributed by atoms with Crippen LogP contribution in [-0.2, 0) is 11.3 Å². The largest absolute Gasteiger partial charge is 0.443 e. The van der Waals surface area contributed by atoms with Crippen molar-refractivity contribution < 1.29 is 9.53 Å². The number of carbonyl (C=O) groups is 1. The van der Waals surface area contributed by atoms with Gasteiger partial charge in [-0.05, 0) is 50.6 Å². The highest BCUT2D eigenvalue weighted by Gasteiger charge is 2.24. The van der Waals surface area contributed by atoms with Crippen LogP contribution in [0.2, 0.25) is 10.0 Å². The standard InChI is InChI=1S/C18H18Cl2N4O3/c1-18(2,3)27-17(26)23(9-11-4-6-13(19)14(20)8-11)12-5-7-15-21-22-16(25)24(15)10-12/h4-8,10H,9H2,1-3H3,(H,22,25). The molecule has 9 heteroatoms. The van der Waals surface area contributed by atoms with Gasteiger partial charge in [0.05, 0.1) is 22.3 Å². The van der Waals surface area contributed by atoms with Crippen LogP contribution in [0.5, 0.6) is 0 Å². The number of halogens is 2. The van der Waals surface area contributed by atoms with E-state index >= 15 is 0 Å². The number of hydrogen-bond donors (Lipinski definition) is 1. The Kier molecular flexibility index (Phi) is 5.17. The van der Waals surface area contributed by atoms with E-state index in [0.717, 1.165) is 5.56 Å². The first-order chi connectivity index (χ1) is 12.6. The van der Waals surface area contributed by atoms with Crippen LogP contribution in [0.3, 0.4) is 0 Å². The van der Waals surface area contributed by atoms with Crippen LogP contribution in [0.15, 0.2) is 41.3 Å². The van der Waals surface area contributed by atoms with Crippen LogP contribution >= 0.6 is 23.2 Å². The monoisotopic (exact) mass is 408 g/mol. The van der Waals surface area contributed by atoms with Crippen molar-refractivity contribution in [3.63, 3.8) is 0 Å². The number of fused-ring (bicyclic) bond motifs is 1. The number of benzene rings is 1. The van der Waals surface area contributed by atoms with Crippen molar-refractivity contribution in [2.45, 2.75) is 32.9 Å². The molecule has 0 spiro atoms. The minimum absolute atomic E-state index is 0.184. The van der Waals surface area contributed by atoms with E-state index in [1.807, 2.05) is 0 Å². The number of nitrogens with one attached hydrogen (secondary N) is 1. The molecule has 7 nitrogen and oxygen atoms in total. The summed E-state index contributed by atoms with van der Waals surface area (Å²) in [6.45, 7) is 5.54. The van der Waals surface area contributed by atoms with Crippen molar-refractivity contribution in [1.29, 1.82) is 0 Å². The van der Waals surface area contributed by atoms with Gasteiger partial charge in [-0.15, -0.1) is 0 Å². The maximum absolute atomic E-state index is 12.8. The van der Waals surface area contributed by atoms with E-state index in [1.165, 1.54) is 15.5 Å². The van der Waals surface area contributed by atoms with Gasteiger partial charge in [-0.25, -0.2) is 19.1 Å². The lowest BCUT2D eigenvalue weighted by Gasteiger charge is -2.27. The molecule has 2 heterocycles. The molecule has 0 unspecified atom stereocenters. The number of aromatic amines is 1. The number of carbonyl (C=O) groups excluding carboxylic acids is 1. The van der Waals surface area contributed by atoms with E-state index < -0.39 is 17.4 Å². The Hall–Kier alpha value is -2.51. The summed E-state index contributed by atoms with van der Waals surface area (Å²) in [7, 11) is 0. The Morgan fingerprint density at radius 1 is 1.22 bits per heavy atom. The normalized spacial score (nSPS) is 11.6. The van der Waals surface area contributed by atoms with Gasteiger partial charge in [0, 0.05) is 6.20 Å². The van der Waals surface area contributed by atoms with Crippen molar-refractivity contribution in [3.8, 4) is 0 Å². The summed E-state index contributed by atoms with van der Waals surface area (Å²) in [6.07, 6.45) is 0.979. The summed E-state index contributed by atoms with van der Waals surface area (Å²) in [4.78, 5) is 26.1. The van der Waals surface area contributed by atoms with Gasteiger partial charge in [0.15, 0.2) is 5.65 Å². The lowest BCUT2D eigenvalue weighted by Crippen LogP contribution is -2.36. The molecule has 0 fully saturated rings. The van der Waals surface area contributed by atoms with Gasteiger partial charge in [0.2, 0.25) is 0 Å². The molecule has 0 aliphatic carbocycles. The average Bonchev–Trinajstić information content (AvgIpc) is 2.95. The number of amides is 1. The van der Waals surface area contributed by atoms with E-state index in [2.05, 4.69) is 10.2 Å². The molecule has 1 amide bonds. The number of H-pyrrole nitrogens is 1. The van der Waals surface area contributed by atoms with Crippen LogP contribution < -0.4 is 10.6 Å². The topological polar surface area (TPSA) is 79.7 Å². The molecule has 0 saturated heterocycles. The molecule has 0 saturated carbocycles. The van der Waals surface area contributed by atoms with Gasteiger partial charge in [-0.1, -0.05) is 29.3 Å². The summed E-state index contributed by atoms with van der Waals surface area (Å²) in [6, 6.07) is 8.45. The fourth-order valence-corrected chi connectivity index (χ4v) is 2.77. The van der Waals surface area contributed by atoms with Crippen LogP contribution in [-0.4, -0.2) is 26.3 Å². The first-order valence-corrected chi connectivity index (χ1v) is 8.91. The Morgan fingerprint density at radius 3 is 2.63 bits per heavy atom. The zero-order chi connectivity index (χ0) is 19.8. The van der Waals surface area contributed by atoms with Crippen molar-refractivity contribution in [3.05, 3.63) is 62.6 Å². The first-order valence-electron chi connectivity index (χ1n) is 8.15. The predicted octanol–water partition coefficient (Wildman–Crippen LogP) is 4.27. The number of nitrogens with zero attached hydrogens (tertiary/aromatic N) is 3. The average molecular weight is 409 g/mol. The zero-order valence-corrected chi connectivity index (χ0v) is 16.5. The molecular weight excluding hydrogens is 391 g/mol. The molecule has 1 aromatic carbocycles. The fourth-order valence-electron chi connectivity index (χ4n) is 2.45. The highest BCUT2D eigenvalue weighted by molar-refractivity contribution is 6.42. The summed E-state index contributed by atoms with van der Waals surface area (Å²) in [5.41, 5.74) is 0.609. The minimum atomic E-state index is -0.677. The number of aromatic nitrogens is 3. The predicted molar refractivity (Wildman–Crippen MR) is 105 cm³/mol. The van der Waals surface area contributed by atoms with Gasteiger partial charge < -0.3 is 4.74 Å². The number of hydrogen-bond acceptors (Lipinski definition) is 4. The fraction of sp³-hybridized carbons (Fsp3) is 0.278. The highest BCUT2D eigenvalue weighted by Crippen LogP contribution is 2.26. The molecule has 0 atom stereocenters. The molecule has 3 aromatic rings. The van der Waals surface area contributed by atoms with E-state index in [-0.39, 0.29) is 6.54 Å². The van der Waals surface area contributed by atoms with Gasteiger partial charge in [0.1, 0.15) is 5.60 Å². The number of rotatable bonds is 3. The van der Waals surface area contributed by atoms with E-state index in [1.54, 1.807) is 51.1 Å². The quantitative estimate of drug-likeness (QED) is 0.701. The lowest BCUT2D eigenvalue weighted by atomic mass is 10.2. The maximum atomic E-state index is 12.8. The first kappa shape index (κ1) is 19.3. The van der Waals surface area contributed by atoms with E-state index in [0.29, 0.717) is 21.4 Å². The maximum Gasteiger partial charge on any atom is 0.415 e. The molecule has 0 bridgehead atoms. The molecule has 142 valence electrons. The van der Waals surface area contributed by atoms with Crippen LogP contribution in [0.1, 0.15) is 26.3 Å². The van der Waals surface area contributed by atoms with Crippen molar-refractivity contribution in [1.82, 2.24) is 14.6 Å². The number of pyridine rings is 1. The van der Waals surface area contributed by atoms with Gasteiger partial charge >= 0.3 is 11.8 Å². The summed E-state index contributed by atoms with van der Waals surface area (Å²) >= 11 is 12.1. The van der Waals surface area contributed by atoms with Crippen molar-refractivity contribution >= 4 is 40.6 Å². The van der Waals surface area contributed by atoms with Crippen molar-refractivity contribution in [2.75, 3.05) is 4.90 Å². The Balaban J connectivity index is 2.02. The smallest absolute Gasteiger partial charge is 0.415 e. The zero-order valence-electron chi connectivity index (χ0n) is 15.0. The molecule has 1 N–H and O–H groups in total. The molecule has 2 aromatic heterocycles. The Morgan fingerprint density at radius 2 is 1.96 bits per heavy atom. The van der Waals surface area contributed by atoms with Gasteiger partial charge in [0.25, 0.3) is 0 Å². The van der Waals surface area contributed by atoms with Crippen LogP contribution in [0, 0.1) is 0 Å². The molecular formula is C18H18Cl2N4O3. The Bertz CT molecular complexity index is 1050. The van der Waals surface area contributed by atoms with Crippen LogP contribution in [0.4, 0.5) is 10.5 Å². The molecule has 0 aliphatic heterocycles. The third kappa shape index (κ3) is 4.43. The molecule has 0 radical (unpaired) electrons. The summed E-state index contributed by atoms with van der Waals surface area (Å²) in [5, 5.41) is 7.07. The highest BCUT2D eigenvalue weighted by atomic mass is 35.5. The lowest BCUT2D eigenvalue weighted by molar-refractivity contribution is 0.0577. The second-order valence-electron chi connectivity index (χ2n) is 6.96. The second kappa shape index (κ2) is 7.25.